The molecule has 0 fully saturated rings. The molecule has 1 amide bonds. The van der Waals surface area contributed by atoms with Crippen molar-refractivity contribution in [1.82, 2.24) is 9.58 Å². The van der Waals surface area contributed by atoms with Crippen LogP contribution in [-0.4, -0.2) is 32.9 Å². The molecule has 10 heteroatoms. The van der Waals surface area contributed by atoms with Crippen LogP contribution in [0.25, 0.3) is 0 Å². The molecule has 3 aromatic rings. The van der Waals surface area contributed by atoms with Crippen LogP contribution in [0.1, 0.15) is 57.0 Å². The van der Waals surface area contributed by atoms with Crippen LogP contribution in [0, 0.1) is 11.6 Å². The van der Waals surface area contributed by atoms with E-state index in [1.165, 1.54) is 21.8 Å². The zero-order valence-electron chi connectivity index (χ0n) is 18.6. The first kappa shape index (κ1) is 23.0. The molecule has 0 unspecified atom stereocenters. The Morgan fingerprint density at radius 2 is 1.94 bits per heavy atom. The van der Waals surface area contributed by atoms with E-state index in [9.17, 15) is 28.3 Å². The van der Waals surface area contributed by atoms with Crippen molar-refractivity contribution >= 4 is 23.3 Å². The maximum atomic E-state index is 14.0. The minimum atomic E-state index is -0.969. The highest BCUT2D eigenvalue weighted by Gasteiger charge is 2.44. The Morgan fingerprint density at radius 3 is 2.66 bits per heavy atom. The smallest absolute Gasteiger partial charge is 0.278 e. The summed E-state index contributed by atoms with van der Waals surface area (Å²) in [5.41, 5.74) is 0.339. The van der Waals surface area contributed by atoms with E-state index in [1.807, 2.05) is 6.07 Å². The van der Waals surface area contributed by atoms with Gasteiger partial charge in [0.05, 0.1) is 12.1 Å². The average Bonchev–Trinajstić information content (AvgIpc) is 3.19. The minimum absolute atomic E-state index is 0.0638. The van der Waals surface area contributed by atoms with Gasteiger partial charge >= 0.3 is 0 Å². The van der Waals surface area contributed by atoms with Crippen molar-refractivity contribution in [3.63, 3.8) is 0 Å². The maximum Gasteiger partial charge on any atom is 0.278 e. The lowest BCUT2D eigenvalue weighted by Gasteiger charge is -2.43. The molecule has 0 saturated carbocycles. The molecule has 1 aromatic heterocycles. The van der Waals surface area contributed by atoms with Gasteiger partial charge < -0.3 is 10.0 Å². The van der Waals surface area contributed by atoms with E-state index in [2.05, 4.69) is 0 Å². The topological polar surface area (TPSA) is 82.9 Å². The standard InChI is InChI=1S/C25H20ClF2N3O4/c1-2-29-24-17-9-15(26)6-3-14(17)11-31(24)30-12-18(22(33)23(34)21(30)25(29)35)20(32)8-5-13-4-7-16(27)10-19(13)28/h3-4,6-7,9-10,12,24,34H,2,5,8,11H2,1H3/t24-/m0/s1. The number of rotatable bonds is 5. The number of Topliss-reactive ketones (excluding diaryl/α,β-unsaturated/α-hetero) is 1. The van der Waals surface area contributed by atoms with E-state index in [0.717, 1.165) is 23.3 Å². The summed E-state index contributed by atoms with van der Waals surface area (Å²) in [5, 5.41) is 13.0. The van der Waals surface area contributed by atoms with Crippen molar-refractivity contribution in [2.24, 2.45) is 0 Å². The van der Waals surface area contributed by atoms with Gasteiger partial charge in [0.15, 0.2) is 17.2 Å². The number of ketones is 1. The van der Waals surface area contributed by atoms with Crippen molar-refractivity contribution in [3.8, 4) is 5.75 Å². The molecular formula is C25H20ClF2N3O4. The number of carbonyl (C=O) groups excluding carboxylic acids is 2. The first-order chi connectivity index (χ1) is 16.7. The molecule has 35 heavy (non-hydrogen) atoms. The van der Waals surface area contributed by atoms with Crippen molar-refractivity contribution in [1.29, 1.82) is 0 Å². The largest absolute Gasteiger partial charge is 0.502 e. The summed E-state index contributed by atoms with van der Waals surface area (Å²) in [4.78, 5) is 40.7. The minimum Gasteiger partial charge on any atom is -0.502 e. The lowest BCUT2D eigenvalue weighted by molar-refractivity contribution is 0.0590. The number of carbonyl (C=O) groups is 2. The van der Waals surface area contributed by atoms with Crippen LogP contribution in [0.3, 0.4) is 0 Å². The third kappa shape index (κ3) is 3.67. The zero-order valence-corrected chi connectivity index (χ0v) is 19.4. The Bertz CT molecular complexity index is 1460. The van der Waals surface area contributed by atoms with Gasteiger partial charge in [0.2, 0.25) is 5.43 Å². The number of halogens is 3. The Morgan fingerprint density at radius 1 is 1.17 bits per heavy atom. The van der Waals surface area contributed by atoms with Crippen LogP contribution >= 0.6 is 11.6 Å². The molecule has 1 N–H and O–H groups in total. The summed E-state index contributed by atoms with van der Waals surface area (Å²) >= 11 is 6.20. The molecule has 0 aliphatic carbocycles. The lowest BCUT2D eigenvalue weighted by atomic mass is 10.0. The molecule has 0 bridgehead atoms. The quantitative estimate of drug-likeness (QED) is 0.538. The van der Waals surface area contributed by atoms with E-state index < -0.39 is 40.7 Å². The van der Waals surface area contributed by atoms with Crippen LogP contribution in [0.5, 0.6) is 5.75 Å². The van der Waals surface area contributed by atoms with Gasteiger partial charge in [-0.05, 0) is 42.7 Å². The lowest BCUT2D eigenvalue weighted by Crippen LogP contribution is -2.53. The number of hydrogen-bond donors (Lipinski definition) is 1. The molecule has 0 saturated heterocycles. The average molecular weight is 500 g/mol. The van der Waals surface area contributed by atoms with Crippen molar-refractivity contribution < 1.29 is 23.5 Å². The van der Waals surface area contributed by atoms with Gasteiger partial charge in [0, 0.05) is 35.8 Å². The Balaban J connectivity index is 1.55. The second-order valence-electron chi connectivity index (χ2n) is 8.48. The van der Waals surface area contributed by atoms with E-state index >= 15 is 0 Å². The molecule has 2 aromatic carbocycles. The molecule has 2 aliphatic rings. The van der Waals surface area contributed by atoms with Gasteiger partial charge in [-0.3, -0.25) is 24.1 Å². The van der Waals surface area contributed by atoms with Crippen molar-refractivity contribution in [2.45, 2.75) is 32.5 Å². The van der Waals surface area contributed by atoms with Gasteiger partial charge in [-0.1, -0.05) is 23.7 Å². The first-order valence-corrected chi connectivity index (χ1v) is 11.4. The highest BCUT2D eigenvalue weighted by atomic mass is 35.5. The van der Waals surface area contributed by atoms with Crippen LogP contribution in [-0.2, 0) is 13.0 Å². The van der Waals surface area contributed by atoms with E-state index in [0.29, 0.717) is 18.1 Å². The highest BCUT2D eigenvalue weighted by molar-refractivity contribution is 6.30. The summed E-state index contributed by atoms with van der Waals surface area (Å²) in [6, 6.07) is 8.41. The predicted octanol–water partition coefficient (Wildman–Crippen LogP) is 3.93. The van der Waals surface area contributed by atoms with E-state index in [4.69, 9.17) is 11.6 Å². The molecule has 5 rings (SSSR count). The number of aryl methyl sites for hydroxylation is 1. The summed E-state index contributed by atoms with van der Waals surface area (Å²) in [6.07, 6.45) is 0.412. The number of amides is 1. The fourth-order valence-electron chi connectivity index (χ4n) is 4.75. The van der Waals surface area contributed by atoms with Crippen LogP contribution in [0.15, 0.2) is 47.4 Å². The number of nitrogens with zero attached hydrogens (tertiary/aromatic N) is 3. The van der Waals surface area contributed by atoms with Gasteiger partial charge in [-0.15, -0.1) is 0 Å². The van der Waals surface area contributed by atoms with Gasteiger partial charge in [0.1, 0.15) is 17.8 Å². The zero-order chi connectivity index (χ0) is 25.0. The second kappa shape index (κ2) is 8.49. The molecule has 1 atom stereocenters. The molecule has 0 radical (unpaired) electrons. The second-order valence-corrected chi connectivity index (χ2v) is 8.91. The summed E-state index contributed by atoms with van der Waals surface area (Å²) in [6.45, 7) is 2.45. The number of pyridine rings is 1. The van der Waals surface area contributed by atoms with Crippen molar-refractivity contribution in [3.05, 3.63) is 97.4 Å². The van der Waals surface area contributed by atoms with Gasteiger partial charge in [-0.2, -0.15) is 0 Å². The molecule has 3 heterocycles. The summed E-state index contributed by atoms with van der Waals surface area (Å²) in [7, 11) is 0. The predicted molar refractivity (Wildman–Crippen MR) is 124 cm³/mol. The van der Waals surface area contributed by atoms with Crippen LogP contribution in [0.2, 0.25) is 5.02 Å². The molecule has 0 spiro atoms. The Labute approximate surface area is 203 Å². The SMILES string of the molecule is CCN1C(=O)c2c(O)c(=O)c(C(=O)CCc3ccc(F)cc3F)cn2N2Cc3ccc(Cl)cc3[C@@H]12. The van der Waals surface area contributed by atoms with E-state index in [1.54, 1.807) is 24.1 Å². The number of aromatic hydroxyl groups is 1. The van der Waals surface area contributed by atoms with Gasteiger partial charge in [0.25, 0.3) is 5.91 Å². The van der Waals surface area contributed by atoms with Crippen molar-refractivity contribution in [2.75, 3.05) is 11.6 Å². The molecule has 180 valence electrons. The number of aromatic nitrogens is 1. The third-order valence-electron chi connectivity index (χ3n) is 6.48. The monoisotopic (exact) mass is 499 g/mol. The first-order valence-electron chi connectivity index (χ1n) is 11.0. The number of fused-ring (bicyclic) bond motifs is 5. The Hall–Kier alpha value is -3.72. The number of benzene rings is 2. The molecular weight excluding hydrogens is 480 g/mol. The van der Waals surface area contributed by atoms with E-state index in [-0.39, 0.29) is 29.7 Å². The fourth-order valence-corrected chi connectivity index (χ4v) is 4.94. The third-order valence-corrected chi connectivity index (χ3v) is 6.71. The van der Waals surface area contributed by atoms with Crippen LogP contribution in [0.4, 0.5) is 8.78 Å². The summed E-state index contributed by atoms with van der Waals surface area (Å²) < 4.78 is 28.5. The van der Waals surface area contributed by atoms with Crippen LogP contribution < -0.4 is 10.4 Å². The van der Waals surface area contributed by atoms with Gasteiger partial charge in [-0.25, -0.2) is 8.78 Å². The molecule has 2 aliphatic heterocycles. The maximum absolute atomic E-state index is 14.0. The molecule has 7 nitrogen and oxygen atoms in total. The summed E-state index contributed by atoms with van der Waals surface area (Å²) in [5.74, 6) is -3.53. The normalized spacial score (nSPS) is 16.2. The fraction of sp³-hybridized carbons (Fsp3) is 0.240. The number of hydrogen-bond acceptors (Lipinski definition) is 5. The Kier molecular flexibility index (Phi) is 5.59. The highest BCUT2D eigenvalue weighted by Crippen LogP contribution is 2.41.